The van der Waals surface area contributed by atoms with Crippen LogP contribution in [-0.2, 0) is 0 Å². The number of halogens is 1. The number of rotatable bonds is 4. The predicted molar refractivity (Wildman–Crippen MR) is 77.5 cm³/mol. The van der Waals surface area contributed by atoms with Crippen molar-refractivity contribution in [2.75, 3.05) is 12.3 Å². The Kier molecular flexibility index (Phi) is 3.95. The summed E-state index contributed by atoms with van der Waals surface area (Å²) in [6.45, 7) is 4.98. The molecule has 0 saturated heterocycles. The zero-order valence-electron chi connectivity index (χ0n) is 10.8. The van der Waals surface area contributed by atoms with Gasteiger partial charge in [-0.2, -0.15) is 0 Å². The fourth-order valence-corrected chi connectivity index (χ4v) is 2.20. The molecule has 0 radical (unpaired) electrons. The van der Waals surface area contributed by atoms with Gasteiger partial charge in [-0.3, -0.25) is 4.79 Å². The Hall–Kier alpha value is -1.03. The Morgan fingerprint density at radius 1 is 1.50 bits per heavy atom. The third-order valence-electron chi connectivity index (χ3n) is 3.28. The van der Waals surface area contributed by atoms with E-state index in [2.05, 4.69) is 29.8 Å². The SMILES string of the molecule is CC(C)N(CC1CC1)C(=O)c1ccc(Br)c(N)c1. The third kappa shape index (κ3) is 3.05. The first-order chi connectivity index (χ1) is 8.49. The van der Waals surface area contributed by atoms with Gasteiger partial charge in [-0.25, -0.2) is 0 Å². The van der Waals surface area contributed by atoms with Crippen molar-refractivity contribution >= 4 is 27.5 Å². The van der Waals surface area contributed by atoms with E-state index >= 15 is 0 Å². The number of anilines is 1. The Morgan fingerprint density at radius 2 is 2.17 bits per heavy atom. The maximum Gasteiger partial charge on any atom is 0.254 e. The summed E-state index contributed by atoms with van der Waals surface area (Å²) < 4.78 is 0.831. The minimum Gasteiger partial charge on any atom is -0.398 e. The number of hydrogen-bond acceptors (Lipinski definition) is 2. The Bertz CT molecular complexity index is 455. The van der Waals surface area contributed by atoms with Crippen molar-refractivity contribution < 1.29 is 4.79 Å². The number of amides is 1. The molecule has 1 aliphatic carbocycles. The van der Waals surface area contributed by atoms with Gasteiger partial charge in [-0.05, 0) is 66.7 Å². The first kappa shape index (κ1) is 13.4. The summed E-state index contributed by atoms with van der Waals surface area (Å²) in [5.41, 5.74) is 7.11. The molecule has 1 amide bonds. The molecule has 18 heavy (non-hydrogen) atoms. The topological polar surface area (TPSA) is 46.3 Å². The van der Waals surface area contributed by atoms with Crippen molar-refractivity contribution in [3.05, 3.63) is 28.2 Å². The Morgan fingerprint density at radius 3 is 2.67 bits per heavy atom. The maximum atomic E-state index is 12.5. The molecule has 1 aromatic carbocycles. The molecule has 1 aliphatic rings. The van der Waals surface area contributed by atoms with E-state index in [-0.39, 0.29) is 11.9 Å². The average molecular weight is 311 g/mol. The van der Waals surface area contributed by atoms with Crippen LogP contribution in [0.2, 0.25) is 0 Å². The Labute approximate surface area is 116 Å². The van der Waals surface area contributed by atoms with E-state index in [9.17, 15) is 4.79 Å². The summed E-state index contributed by atoms with van der Waals surface area (Å²) in [6, 6.07) is 5.63. The lowest BCUT2D eigenvalue weighted by atomic mass is 10.1. The van der Waals surface area contributed by atoms with Crippen molar-refractivity contribution in [2.24, 2.45) is 5.92 Å². The van der Waals surface area contributed by atoms with Crippen LogP contribution in [0.3, 0.4) is 0 Å². The lowest BCUT2D eigenvalue weighted by molar-refractivity contribution is 0.0696. The van der Waals surface area contributed by atoms with Crippen LogP contribution in [0.25, 0.3) is 0 Å². The average Bonchev–Trinajstić information content (AvgIpc) is 3.12. The van der Waals surface area contributed by atoms with E-state index in [1.165, 1.54) is 12.8 Å². The molecule has 3 nitrogen and oxygen atoms in total. The third-order valence-corrected chi connectivity index (χ3v) is 4.00. The highest BCUT2D eigenvalue weighted by Gasteiger charge is 2.28. The summed E-state index contributed by atoms with van der Waals surface area (Å²) >= 11 is 3.34. The first-order valence-electron chi connectivity index (χ1n) is 6.35. The minimum absolute atomic E-state index is 0.0797. The monoisotopic (exact) mass is 310 g/mol. The van der Waals surface area contributed by atoms with Crippen molar-refractivity contribution in [3.63, 3.8) is 0 Å². The molecular formula is C14H19BrN2O. The van der Waals surface area contributed by atoms with Gasteiger partial charge in [0.25, 0.3) is 5.91 Å². The minimum atomic E-state index is 0.0797. The summed E-state index contributed by atoms with van der Waals surface area (Å²) in [5, 5.41) is 0. The van der Waals surface area contributed by atoms with Gasteiger partial charge in [-0.15, -0.1) is 0 Å². The number of benzene rings is 1. The van der Waals surface area contributed by atoms with Gasteiger partial charge in [0, 0.05) is 28.3 Å². The summed E-state index contributed by atoms with van der Waals surface area (Å²) in [5.74, 6) is 0.778. The summed E-state index contributed by atoms with van der Waals surface area (Å²) in [4.78, 5) is 14.4. The molecule has 0 heterocycles. The van der Waals surface area contributed by atoms with Gasteiger partial charge in [-0.1, -0.05) is 0 Å². The number of carbonyl (C=O) groups excluding carboxylic acids is 1. The van der Waals surface area contributed by atoms with Crippen LogP contribution >= 0.6 is 15.9 Å². The molecule has 0 spiro atoms. The van der Waals surface area contributed by atoms with Gasteiger partial charge in [0.05, 0.1) is 0 Å². The van der Waals surface area contributed by atoms with Crippen LogP contribution in [-0.4, -0.2) is 23.4 Å². The van der Waals surface area contributed by atoms with Crippen molar-refractivity contribution in [1.29, 1.82) is 0 Å². The molecule has 0 aliphatic heterocycles. The van der Waals surface area contributed by atoms with Gasteiger partial charge >= 0.3 is 0 Å². The fourth-order valence-electron chi connectivity index (χ4n) is 1.95. The van der Waals surface area contributed by atoms with Crippen molar-refractivity contribution in [2.45, 2.75) is 32.7 Å². The van der Waals surface area contributed by atoms with Gasteiger partial charge in [0.1, 0.15) is 0 Å². The zero-order chi connectivity index (χ0) is 13.3. The van der Waals surface area contributed by atoms with Crippen LogP contribution in [0.4, 0.5) is 5.69 Å². The standard InChI is InChI=1S/C14H19BrN2O/c1-9(2)17(8-10-3-4-10)14(18)11-5-6-12(15)13(16)7-11/h5-7,9-10H,3-4,8,16H2,1-2H3. The number of hydrogen-bond donors (Lipinski definition) is 1. The highest BCUT2D eigenvalue weighted by molar-refractivity contribution is 9.10. The smallest absolute Gasteiger partial charge is 0.254 e. The first-order valence-corrected chi connectivity index (χ1v) is 7.14. The molecule has 2 N–H and O–H groups in total. The second kappa shape index (κ2) is 5.31. The van der Waals surface area contributed by atoms with Crippen LogP contribution in [0, 0.1) is 5.92 Å². The molecule has 2 rings (SSSR count). The largest absolute Gasteiger partial charge is 0.398 e. The normalized spacial score (nSPS) is 14.9. The predicted octanol–water partition coefficient (Wildman–Crippen LogP) is 3.29. The van der Waals surface area contributed by atoms with Crippen LogP contribution in [0.5, 0.6) is 0 Å². The quantitative estimate of drug-likeness (QED) is 0.867. The van der Waals surface area contributed by atoms with E-state index in [1.807, 2.05) is 17.0 Å². The highest BCUT2D eigenvalue weighted by Crippen LogP contribution is 2.31. The molecular weight excluding hydrogens is 292 g/mol. The number of nitrogen functional groups attached to an aromatic ring is 1. The van der Waals surface area contributed by atoms with E-state index in [1.54, 1.807) is 6.07 Å². The molecule has 4 heteroatoms. The maximum absolute atomic E-state index is 12.5. The second-order valence-corrected chi connectivity index (χ2v) is 6.09. The van der Waals surface area contributed by atoms with Gasteiger partial charge in [0.15, 0.2) is 0 Å². The molecule has 0 unspecified atom stereocenters. The van der Waals surface area contributed by atoms with Gasteiger partial charge in [0.2, 0.25) is 0 Å². The summed E-state index contributed by atoms with van der Waals surface area (Å²) in [7, 11) is 0. The number of nitrogens with zero attached hydrogens (tertiary/aromatic N) is 1. The van der Waals surface area contributed by atoms with E-state index < -0.39 is 0 Å². The van der Waals surface area contributed by atoms with E-state index in [0.717, 1.165) is 11.0 Å². The molecule has 0 bridgehead atoms. The van der Waals surface area contributed by atoms with Crippen LogP contribution < -0.4 is 5.73 Å². The highest BCUT2D eigenvalue weighted by atomic mass is 79.9. The van der Waals surface area contributed by atoms with Crippen molar-refractivity contribution in [3.8, 4) is 0 Å². The second-order valence-electron chi connectivity index (χ2n) is 5.23. The molecule has 1 aromatic rings. The molecule has 98 valence electrons. The molecule has 0 atom stereocenters. The van der Waals surface area contributed by atoms with Crippen molar-refractivity contribution in [1.82, 2.24) is 4.90 Å². The molecule has 1 saturated carbocycles. The lowest BCUT2D eigenvalue weighted by Crippen LogP contribution is -2.38. The van der Waals surface area contributed by atoms with Gasteiger partial charge < -0.3 is 10.6 Å². The fraction of sp³-hybridized carbons (Fsp3) is 0.500. The summed E-state index contributed by atoms with van der Waals surface area (Å²) in [6.07, 6.45) is 2.50. The van der Waals surface area contributed by atoms with Crippen LogP contribution in [0.1, 0.15) is 37.0 Å². The zero-order valence-corrected chi connectivity index (χ0v) is 12.4. The lowest BCUT2D eigenvalue weighted by Gasteiger charge is -2.27. The van der Waals surface area contributed by atoms with E-state index in [4.69, 9.17) is 5.73 Å². The Balaban J connectivity index is 2.18. The molecule has 1 fully saturated rings. The van der Waals surface area contributed by atoms with Crippen LogP contribution in [0.15, 0.2) is 22.7 Å². The number of carbonyl (C=O) groups is 1. The van der Waals surface area contributed by atoms with E-state index in [0.29, 0.717) is 17.2 Å². The number of nitrogens with two attached hydrogens (primary N) is 1. The molecule has 0 aromatic heterocycles.